The molecule has 0 saturated heterocycles. The van der Waals surface area contributed by atoms with Crippen molar-refractivity contribution in [2.45, 2.75) is 19.9 Å². The molecule has 0 radical (unpaired) electrons. The number of nitrogens with zero attached hydrogens (tertiary/aromatic N) is 1. The Labute approximate surface area is 117 Å². The van der Waals surface area contributed by atoms with E-state index in [9.17, 15) is 0 Å². The van der Waals surface area contributed by atoms with Gasteiger partial charge in [-0.2, -0.15) is 0 Å². The molecule has 0 aliphatic carbocycles. The van der Waals surface area contributed by atoms with E-state index in [1.807, 2.05) is 37.3 Å². The molecule has 0 bridgehead atoms. The van der Waals surface area contributed by atoms with Crippen molar-refractivity contribution in [2.75, 3.05) is 5.32 Å². The summed E-state index contributed by atoms with van der Waals surface area (Å²) in [4.78, 5) is 4.31. The average molecular weight is 268 g/mol. The fourth-order valence-electron chi connectivity index (χ4n) is 2.09. The van der Waals surface area contributed by atoms with E-state index >= 15 is 0 Å². The number of aryl methyl sites for hydroxylation is 1. The Morgan fingerprint density at radius 2 is 1.90 bits per heavy atom. The maximum atomic E-state index is 5.23. The molecule has 4 nitrogen and oxygen atoms in total. The lowest BCUT2D eigenvalue weighted by molar-refractivity contribution is 0.521. The smallest absolute Gasteiger partial charge is 0.191 e. The van der Waals surface area contributed by atoms with Crippen molar-refractivity contribution >= 4 is 5.69 Å². The predicted molar refractivity (Wildman–Crippen MR) is 77.4 cm³/mol. The summed E-state index contributed by atoms with van der Waals surface area (Å²) in [6.07, 6.45) is 5.11. The Kier molecular flexibility index (Phi) is 3.29. The summed E-state index contributed by atoms with van der Waals surface area (Å²) in [6, 6.07) is 10.3. The van der Waals surface area contributed by atoms with Gasteiger partial charge in [0.25, 0.3) is 0 Å². The van der Waals surface area contributed by atoms with Gasteiger partial charge in [-0.25, -0.2) is 4.98 Å². The van der Waals surface area contributed by atoms with Crippen LogP contribution in [0.2, 0.25) is 0 Å². The van der Waals surface area contributed by atoms with Gasteiger partial charge in [-0.15, -0.1) is 0 Å². The minimum Gasteiger partial charge on any atom is -0.472 e. The van der Waals surface area contributed by atoms with Gasteiger partial charge >= 0.3 is 0 Å². The Morgan fingerprint density at radius 1 is 1.10 bits per heavy atom. The number of hydrogen-bond donors (Lipinski definition) is 1. The molecular formula is C16H16N2O2. The molecule has 3 rings (SSSR count). The lowest BCUT2D eigenvalue weighted by Gasteiger charge is -2.13. The number of oxazole rings is 1. The van der Waals surface area contributed by atoms with Crippen LogP contribution in [0.3, 0.4) is 0 Å². The normalized spacial score (nSPS) is 12.3. The van der Waals surface area contributed by atoms with Crippen molar-refractivity contribution in [2.24, 2.45) is 0 Å². The summed E-state index contributed by atoms with van der Waals surface area (Å²) >= 11 is 0. The lowest BCUT2D eigenvalue weighted by atomic mass is 10.1. The molecule has 1 atom stereocenters. The van der Waals surface area contributed by atoms with Crippen LogP contribution in [0.4, 0.5) is 5.69 Å². The molecule has 0 spiro atoms. The monoisotopic (exact) mass is 268 g/mol. The highest BCUT2D eigenvalue weighted by molar-refractivity contribution is 5.62. The highest BCUT2D eigenvalue weighted by Gasteiger charge is 2.07. The first-order valence-electron chi connectivity index (χ1n) is 6.53. The number of benzene rings is 1. The van der Waals surface area contributed by atoms with E-state index in [0.29, 0.717) is 5.89 Å². The van der Waals surface area contributed by atoms with Crippen LogP contribution >= 0.6 is 0 Å². The van der Waals surface area contributed by atoms with Crippen LogP contribution in [0.25, 0.3) is 11.3 Å². The van der Waals surface area contributed by atoms with Gasteiger partial charge in [0.2, 0.25) is 0 Å². The van der Waals surface area contributed by atoms with E-state index in [-0.39, 0.29) is 6.04 Å². The third-order valence-corrected chi connectivity index (χ3v) is 3.23. The number of aromatic nitrogens is 1. The lowest BCUT2D eigenvalue weighted by Crippen LogP contribution is -2.05. The van der Waals surface area contributed by atoms with Crippen LogP contribution in [-0.2, 0) is 0 Å². The molecule has 0 amide bonds. The SMILES string of the molecule is Cc1nc(-c2ccc(NC(C)c3ccoc3)cc2)co1. The quantitative estimate of drug-likeness (QED) is 0.761. The molecule has 4 heteroatoms. The molecule has 1 N–H and O–H groups in total. The third-order valence-electron chi connectivity index (χ3n) is 3.23. The summed E-state index contributed by atoms with van der Waals surface area (Å²) in [7, 11) is 0. The third kappa shape index (κ3) is 2.59. The Bertz CT molecular complexity index is 669. The summed E-state index contributed by atoms with van der Waals surface area (Å²) in [5.74, 6) is 0.677. The molecule has 0 aliphatic heterocycles. The zero-order chi connectivity index (χ0) is 13.9. The summed E-state index contributed by atoms with van der Waals surface area (Å²) < 4.78 is 10.3. The van der Waals surface area contributed by atoms with Crippen molar-refractivity contribution in [3.63, 3.8) is 0 Å². The van der Waals surface area contributed by atoms with Crippen molar-refractivity contribution in [3.05, 3.63) is 60.6 Å². The predicted octanol–water partition coefficient (Wildman–Crippen LogP) is 4.42. The van der Waals surface area contributed by atoms with Gasteiger partial charge in [0.05, 0.1) is 18.6 Å². The van der Waals surface area contributed by atoms with Crippen LogP contribution in [-0.4, -0.2) is 4.98 Å². The van der Waals surface area contributed by atoms with E-state index in [2.05, 4.69) is 17.2 Å². The average Bonchev–Trinajstić information content (AvgIpc) is 3.10. The number of furan rings is 1. The highest BCUT2D eigenvalue weighted by atomic mass is 16.3. The number of hydrogen-bond acceptors (Lipinski definition) is 4. The Hall–Kier alpha value is -2.49. The van der Waals surface area contributed by atoms with Crippen molar-refractivity contribution in [1.82, 2.24) is 4.98 Å². The maximum absolute atomic E-state index is 5.23. The fourth-order valence-corrected chi connectivity index (χ4v) is 2.09. The summed E-state index contributed by atoms with van der Waals surface area (Å²) in [6.45, 7) is 3.94. The van der Waals surface area contributed by atoms with Crippen LogP contribution in [0.5, 0.6) is 0 Å². The first-order chi connectivity index (χ1) is 9.72. The van der Waals surface area contributed by atoms with Gasteiger partial charge in [-0.3, -0.25) is 0 Å². The van der Waals surface area contributed by atoms with Gasteiger partial charge in [-0.05, 0) is 25.1 Å². The molecule has 20 heavy (non-hydrogen) atoms. The first kappa shape index (κ1) is 12.5. The highest BCUT2D eigenvalue weighted by Crippen LogP contribution is 2.23. The number of rotatable bonds is 4. The maximum Gasteiger partial charge on any atom is 0.191 e. The molecule has 0 saturated carbocycles. The molecule has 0 aliphatic rings. The topological polar surface area (TPSA) is 51.2 Å². The number of anilines is 1. The van der Waals surface area contributed by atoms with Gasteiger partial charge in [0, 0.05) is 23.7 Å². The first-order valence-corrected chi connectivity index (χ1v) is 6.53. The van der Waals surface area contributed by atoms with E-state index < -0.39 is 0 Å². The van der Waals surface area contributed by atoms with E-state index in [1.54, 1.807) is 18.8 Å². The molecule has 1 unspecified atom stereocenters. The van der Waals surface area contributed by atoms with E-state index in [4.69, 9.17) is 8.83 Å². The summed E-state index contributed by atoms with van der Waals surface area (Å²) in [5, 5.41) is 3.42. The standard InChI is InChI=1S/C16H16N2O2/c1-11(14-7-8-19-9-14)17-15-5-3-13(4-6-15)16-10-20-12(2)18-16/h3-11,17H,1-2H3. The molecule has 2 heterocycles. The van der Waals surface area contributed by atoms with Crippen LogP contribution < -0.4 is 5.32 Å². The van der Waals surface area contributed by atoms with Gasteiger partial charge in [-0.1, -0.05) is 12.1 Å². The van der Waals surface area contributed by atoms with Gasteiger partial charge in [0.15, 0.2) is 5.89 Å². The zero-order valence-corrected chi connectivity index (χ0v) is 11.5. The van der Waals surface area contributed by atoms with Gasteiger partial charge < -0.3 is 14.2 Å². The van der Waals surface area contributed by atoms with Crippen molar-refractivity contribution < 1.29 is 8.83 Å². The van der Waals surface area contributed by atoms with E-state index in [0.717, 1.165) is 22.5 Å². The largest absolute Gasteiger partial charge is 0.472 e. The molecule has 1 aromatic carbocycles. The van der Waals surface area contributed by atoms with Crippen LogP contribution in [0.1, 0.15) is 24.4 Å². The number of nitrogens with one attached hydrogen (secondary N) is 1. The van der Waals surface area contributed by atoms with Gasteiger partial charge in [0.1, 0.15) is 12.0 Å². The minimum absolute atomic E-state index is 0.203. The summed E-state index contributed by atoms with van der Waals surface area (Å²) in [5.41, 5.74) is 4.09. The molecule has 0 fully saturated rings. The molecular weight excluding hydrogens is 252 g/mol. The molecule has 102 valence electrons. The van der Waals surface area contributed by atoms with E-state index in [1.165, 1.54) is 0 Å². The second-order valence-electron chi connectivity index (χ2n) is 4.75. The molecule has 2 aromatic heterocycles. The Balaban J connectivity index is 1.73. The van der Waals surface area contributed by atoms with Crippen molar-refractivity contribution in [1.29, 1.82) is 0 Å². The molecule has 3 aromatic rings. The van der Waals surface area contributed by atoms with Crippen molar-refractivity contribution in [3.8, 4) is 11.3 Å². The fraction of sp³-hybridized carbons (Fsp3) is 0.188. The van der Waals surface area contributed by atoms with Crippen LogP contribution in [0, 0.1) is 6.92 Å². The minimum atomic E-state index is 0.203. The zero-order valence-electron chi connectivity index (χ0n) is 11.5. The second kappa shape index (κ2) is 5.25. The van der Waals surface area contributed by atoms with Crippen LogP contribution in [0.15, 0.2) is 58.0 Å². The Morgan fingerprint density at radius 3 is 2.50 bits per heavy atom. The second-order valence-corrected chi connectivity index (χ2v) is 4.75.